The van der Waals surface area contributed by atoms with Crippen LogP contribution in [0, 0.1) is 0 Å². The molecule has 0 atom stereocenters. The second-order valence-corrected chi connectivity index (χ2v) is 7.88. The highest BCUT2D eigenvalue weighted by molar-refractivity contribution is 5.91. The van der Waals surface area contributed by atoms with Crippen molar-refractivity contribution >= 4 is 11.7 Å². The Bertz CT molecular complexity index is 937. The van der Waals surface area contributed by atoms with Crippen molar-refractivity contribution < 1.29 is 4.79 Å². The zero-order valence-electron chi connectivity index (χ0n) is 16.4. The first-order chi connectivity index (χ1) is 13.6. The molecule has 28 heavy (non-hydrogen) atoms. The molecule has 3 aromatic rings. The molecule has 5 heteroatoms. The van der Waals surface area contributed by atoms with E-state index in [-0.39, 0.29) is 5.91 Å². The number of nitrogens with zero attached hydrogens (tertiary/aromatic N) is 3. The summed E-state index contributed by atoms with van der Waals surface area (Å²) in [5, 5.41) is 7.31. The maximum absolute atomic E-state index is 12.3. The summed E-state index contributed by atoms with van der Waals surface area (Å²) in [7, 11) is 0. The van der Waals surface area contributed by atoms with Crippen molar-refractivity contribution in [3.05, 3.63) is 77.2 Å². The highest BCUT2D eigenvalue weighted by Crippen LogP contribution is 2.39. The van der Waals surface area contributed by atoms with Crippen LogP contribution >= 0.6 is 0 Å². The molecule has 1 aliphatic rings. The van der Waals surface area contributed by atoms with Gasteiger partial charge in [0.25, 0.3) is 0 Å². The number of hydrogen-bond acceptors (Lipinski definition) is 3. The Labute approximate surface area is 165 Å². The molecule has 2 heterocycles. The maximum atomic E-state index is 12.3. The van der Waals surface area contributed by atoms with E-state index in [9.17, 15) is 4.79 Å². The summed E-state index contributed by atoms with van der Waals surface area (Å²) in [6.45, 7) is 4.92. The summed E-state index contributed by atoms with van der Waals surface area (Å²) in [5.74, 6) is 1.72. The number of amides is 1. The van der Waals surface area contributed by atoms with Crippen molar-refractivity contribution in [3.8, 4) is 0 Å². The minimum atomic E-state index is -0.0607. The van der Waals surface area contributed by atoms with Gasteiger partial charge in [-0.2, -0.15) is 5.10 Å². The van der Waals surface area contributed by atoms with Gasteiger partial charge in [0.15, 0.2) is 5.82 Å². The zero-order valence-corrected chi connectivity index (χ0v) is 16.4. The Morgan fingerprint density at radius 2 is 1.93 bits per heavy atom. The maximum Gasteiger partial charge on any atom is 0.229 e. The second kappa shape index (κ2) is 7.97. The first-order valence-electron chi connectivity index (χ1n) is 9.94. The van der Waals surface area contributed by atoms with Gasteiger partial charge in [0.2, 0.25) is 5.91 Å². The number of carbonyl (C=O) groups excluding carboxylic acids is 1. The molecule has 1 aliphatic carbocycles. The third-order valence-electron chi connectivity index (χ3n) is 5.14. The molecule has 0 bridgehead atoms. The van der Waals surface area contributed by atoms with E-state index in [0.717, 1.165) is 17.2 Å². The summed E-state index contributed by atoms with van der Waals surface area (Å²) in [6.07, 6.45) is 6.75. The Morgan fingerprint density at radius 1 is 1.14 bits per heavy atom. The van der Waals surface area contributed by atoms with Gasteiger partial charge in [0, 0.05) is 18.5 Å². The van der Waals surface area contributed by atoms with Crippen LogP contribution in [-0.4, -0.2) is 20.7 Å². The summed E-state index contributed by atoms with van der Waals surface area (Å²) in [4.78, 5) is 16.8. The minimum absolute atomic E-state index is 0.0607. The van der Waals surface area contributed by atoms with Crippen molar-refractivity contribution in [2.75, 3.05) is 5.32 Å². The van der Waals surface area contributed by atoms with Crippen LogP contribution in [0.3, 0.4) is 0 Å². The molecular weight excluding hydrogens is 348 g/mol. The lowest BCUT2D eigenvalue weighted by molar-refractivity contribution is -0.115. The summed E-state index contributed by atoms with van der Waals surface area (Å²) in [5.41, 5.74) is 4.58. The molecule has 1 saturated carbocycles. The smallest absolute Gasteiger partial charge is 0.229 e. The molecule has 144 valence electrons. The van der Waals surface area contributed by atoms with Crippen molar-refractivity contribution in [3.63, 3.8) is 0 Å². The molecule has 0 radical (unpaired) electrons. The van der Waals surface area contributed by atoms with Gasteiger partial charge in [-0.3, -0.25) is 14.5 Å². The molecule has 1 aromatic carbocycles. The van der Waals surface area contributed by atoms with Gasteiger partial charge in [0.1, 0.15) is 0 Å². The Kier molecular flexibility index (Phi) is 5.24. The van der Waals surface area contributed by atoms with E-state index in [4.69, 9.17) is 0 Å². The zero-order chi connectivity index (χ0) is 19.5. The summed E-state index contributed by atoms with van der Waals surface area (Å²) >= 11 is 0. The van der Waals surface area contributed by atoms with Crippen molar-refractivity contribution in [1.29, 1.82) is 0 Å². The van der Waals surface area contributed by atoms with Crippen LogP contribution in [0.15, 0.2) is 54.9 Å². The van der Waals surface area contributed by atoms with Gasteiger partial charge in [-0.15, -0.1) is 0 Å². The van der Waals surface area contributed by atoms with Crippen LogP contribution in [0.5, 0.6) is 0 Å². The van der Waals surface area contributed by atoms with E-state index >= 15 is 0 Å². The number of nitrogens with one attached hydrogen (secondary N) is 1. The van der Waals surface area contributed by atoms with E-state index in [1.165, 1.54) is 24.0 Å². The Morgan fingerprint density at radius 3 is 2.57 bits per heavy atom. The van der Waals surface area contributed by atoms with Crippen LogP contribution in [0.25, 0.3) is 0 Å². The highest BCUT2D eigenvalue weighted by atomic mass is 16.1. The molecule has 0 aliphatic heterocycles. The number of pyridine rings is 1. The summed E-state index contributed by atoms with van der Waals surface area (Å²) < 4.78 is 1.80. The number of anilines is 1. The molecule has 0 unspecified atom stereocenters. The predicted molar refractivity (Wildman–Crippen MR) is 110 cm³/mol. The molecule has 2 aromatic heterocycles. The summed E-state index contributed by atoms with van der Waals surface area (Å²) in [6, 6.07) is 14.3. The van der Waals surface area contributed by atoms with Crippen molar-refractivity contribution in [1.82, 2.24) is 14.8 Å². The Balaban J connectivity index is 1.31. The number of benzene rings is 1. The quantitative estimate of drug-likeness (QED) is 0.662. The highest BCUT2D eigenvalue weighted by Gasteiger charge is 2.23. The van der Waals surface area contributed by atoms with Crippen LogP contribution in [-0.2, 0) is 17.8 Å². The first-order valence-corrected chi connectivity index (χ1v) is 9.94. The number of aromatic nitrogens is 3. The SMILES string of the molecule is CC(C)c1ccc(CC(=O)Nc2ccn(Cc3ccc(C4CC4)cn3)n2)cc1. The minimum Gasteiger partial charge on any atom is -0.309 e. The van der Waals surface area contributed by atoms with Crippen LogP contribution in [0.4, 0.5) is 5.82 Å². The standard InChI is InChI=1S/C23H26N4O/c1-16(2)18-5-3-17(4-6-18)13-23(28)25-22-11-12-27(26-22)15-21-10-9-20(14-24-21)19-7-8-19/h3-6,9-12,14,16,19H,7-8,13,15H2,1-2H3,(H,25,26,28). The van der Waals surface area contributed by atoms with Gasteiger partial charge in [-0.1, -0.05) is 44.2 Å². The lowest BCUT2D eigenvalue weighted by Crippen LogP contribution is -2.15. The second-order valence-electron chi connectivity index (χ2n) is 7.88. The number of rotatable bonds is 7. The van der Waals surface area contributed by atoms with Gasteiger partial charge in [-0.05, 0) is 47.4 Å². The third kappa shape index (κ3) is 4.66. The van der Waals surface area contributed by atoms with E-state index in [0.29, 0.717) is 24.7 Å². The lowest BCUT2D eigenvalue weighted by Gasteiger charge is -2.07. The normalized spacial score (nSPS) is 13.7. The molecule has 0 spiro atoms. The largest absolute Gasteiger partial charge is 0.309 e. The van der Waals surface area contributed by atoms with Crippen LogP contribution in [0.2, 0.25) is 0 Å². The fraction of sp³-hybridized carbons (Fsp3) is 0.348. The third-order valence-corrected chi connectivity index (χ3v) is 5.14. The molecule has 1 N–H and O–H groups in total. The first kappa shape index (κ1) is 18.4. The van der Waals surface area contributed by atoms with Crippen molar-refractivity contribution in [2.45, 2.75) is 51.5 Å². The fourth-order valence-electron chi connectivity index (χ4n) is 3.26. The molecular formula is C23H26N4O. The number of hydrogen-bond donors (Lipinski definition) is 1. The molecule has 0 saturated heterocycles. The van der Waals surface area contributed by atoms with Crippen LogP contribution < -0.4 is 5.32 Å². The van der Waals surface area contributed by atoms with E-state index < -0.39 is 0 Å². The molecule has 4 rings (SSSR count). The van der Waals surface area contributed by atoms with E-state index in [1.807, 2.05) is 30.6 Å². The topological polar surface area (TPSA) is 59.8 Å². The van der Waals surface area contributed by atoms with Crippen LogP contribution in [0.1, 0.15) is 60.9 Å². The monoisotopic (exact) mass is 374 g/mol. The molecule has 1 fully saturated rings. The molecule has 1 amide bonds. The van der Waals surface area contributed by atoms with E-state index in [1.54, 1.807) is 4.68 Å². The lowest BCUT2D eigenvalue weighted by atomic mass is 10.0. The van der Waals surface area contributed by atoms with Gasteiger partial charge in [0.05, 0.1) is 18.7 Å². The Hall–Kier alpha value is -2.95. The van der Waals surface area contributed by atoms with Crippen molar-refractivity contribution in [2.24, 2.45) is 0 Å². The number of carbonyl (C=O) groups is 1. The van der Waals surface area contributed by atoms with Gasteiger partial charge in [-0.25, -0.2) is 0 Å². The average Bonchev–Trinajstić information content (AvgIpc) is 3.44. The fourth-order valence-corrected chi connectivity index (χ4v) is 3.26. The van der Waals surface area contributed by atoms with Gasteiger partial charge >= 0.3 is 0 Å². The predicted octanol–water partition coefficient (Wildman–Crippen LogP) is 4.51. The van der Waals surface area contributed by atoms with E-state index in [2.05, 4.69) is 53.5 Å². The average molecular weight is 374 g/mol. The molecule has 5 nitrogen and oxygen atoms in total. The van der Waals surface area contributed by atoms with Gasteiger partial charge < -0.3 is 5.32 Å².